The summed E-state index contributed by atoms with van der Waals surface area (Å²) >= 11 is 3.46. The summed E-state index contributed by atoms with van der Waals surface area (Å²) in [4.78, 5) is 4.01. The van der Waals surface area contributed by atoms with E-state index in [-0.39, 0.29) is 0 Å². The Kier molecular flexibility index (Phi) is 12.9. The van der Waals surface area contributed by atoms with Crippen molar-refractivity contribution in [1.29, 1.82) is 0 Å². The summed E-state index contributed by atoms with van der Waals surface area (Å²) in [6.45, 7) is 2.28. The van der Waals surface area contributed by atoms with Crippen molar-refractivity contribution in [3.63, 3.8) is 0 Å². The molecule has 2 heteroatoms. The molecule has 0 radical (unpaired) electrons. The average molecular weight is 378 g/mol. The minimum Gasteiger partial charge on any atom is -0.264 e. The standard InChI is InChI=1S/C12H25Br.C9H7N/c1-2-3-4-5-6-7-8-9-10-11-12-13;1-2-4-9-7-10-6-5-8(9)3-1/h2-12H2,1H3;1-7H. The summed E-state index contributed by atoms with van der Waals surface area (Å²) in [5, 5.41) is 3.63. The van der Waals surface area contributed by atoms with E-state index in [0.717, 1.165) is 0 Å². The Morgan fingerprint density at radius 1 is 0.739 bits per heavy atom. The van der Waals surface area contributed by atoms with E-state index in [1.165, 1.54) is 80.3 Å². The first-order chi connectivity index (χ1) is 11.4. The molecule has 2 rings (SSSR count). The van der Waals surface area contributed by atoms with Crippen LogP contribution in [-0.2, 0) is 0 Å². The SMILES string of the molecule is CCCCCCCCCCCCBr.c1ccc2cnccc2c1. The molecule has 128 valence electrons. The molecule has 1 aromatic carbocycles. The Morgan fingerprint density at radius 2 is 1.30 bits per heavy atom. The van der Waals surface area contributed by atoms with Gasteiger partial charge >= 0.3 is 0 Å². The molecule has 1 heterocycles. The largest absolute Gasteiger partial charge is 0.264 e. The smallest absolute Gasteiger partial charge is 0.0346 e. The van der Waals surface area contributed by atoms with Crippen LogP contribution in [0.25, 0.3) is 10.8 Å². The summed E-state index contributed by atoms with van der Waals surface area (Å²) in [7, 11) is 0. The molecule has 0 atom stereocenters. The van der Waals surface area contributed by atoms with Gasteiger partial charge in [-0.3, -0.25) is 4.98 Å². The number of hydrogen-bond donors (Lipinski definition) is 0. The van der Waals surface area contributed by atoms with E-state index in [4.69, 9.17) is 0 Å². The lowest BCUT2D eigenvalue weighted by Crippen LogP contribution is -1.81. The van der Waals surface area contributed by atoms with Gasteiger partial charge in [0.05, 0.1) is 0 Å². The van der Waals surface area contributed by atoms with Gasteiger partial charge < -0.3 is 0 Å². The van der Waals surface area contributed by atoms with E-state index in [1.54, 1.807) is 0 Å². The quantitative estimate of drug-likeness (QED) is 0.307. The predicted molar refractivity (Wildman–Crippen MR) is 107 cm³/mol. The highest BCUT2D eigenvalue weighted by Crippen LogP contribution is 2.11. The molecule has 23 heavy (non-hydrogen) atoms. The van der Waals surface area contributed by atoms with E-state index in [9.17, 15) is 0 Å². The molecular formula is C21H32BrN. The van der Waals surface area contributed by atoms with Crippen LogP contribution >= 0.6 is 15.9 Å². The predicted octanol–water partition coefficient (Wildman–Crippen LogP) is 7.54. The third-order valence-corrected chi connectivity index (χ3v) is 4.60. The summed E-state index contributed by atoms with van der Waals surface area (Å²) in [6, 6.07) is 10.2. The van der Waals surface area contributed by atoms with Crippen LogP contribution in [0.15, 0.2) is 42.7 Å². The van der Waals surface area contributed by atoms with E-state index in [2.05, 4.69) is 40.0 Å². The fraction of sp³-hybridized carbons (Fsp3) is 0.571. The second-order valence-electron chi connectivity index (χ2n) is 6.09. The number of hydrogen-bond acceptors (Lipinski definition) is 1. The number of aromatic nitrogens is 1. The highest BCUT2D eigenvalue weighted by atomic mass is 79.9. The maximum absolute atomic E-state index is 4.01. The van der Waals surface area contributed by atoms with Crippen LogP contribution in [0.3, 0.4) is 0 Å². The van der Waals surface area contributed by atoms with Crippen molar-refractivity contribution in [3.05, 3.63) is 42.7 Å². The van der Waals surface area contributed by atoms with Crippen LogP contribution in [0.2, 0.25) is 0 Å². The van der Waals surface area contributed by atoms with Gasteiger partial charge in [-0.2, -0.15) is 0 Å². The fourth-order valence-corrected chi connectivity index (χ4v) is 3.01. The van der Waals surface area contributed by atoms with Crippen molar-refractivity contribution in [2.45, 2.75) is 71.1 Å². The van der Waals surface area contributed by atoms with Crippen LogP contribution in [0.4, 0.5) is 0 Å². The van der Waals surface area contributed by atoms with Gasteiger partial charge in [0.1, 0.15) is 0 Å². The molecule has 0 saturated carbocycles. The van der Waals surface area contributed by atoms with Gasteiger partial charge in [-0.05, 0) is 23.3 Å². The number of nitrogens with zero attached hydrogens (tertiary/aromatic N) is 1. The summed E-state index contributed by atoms with van der Waals surface area (Å²) < 4.78 is 0. The summed E-state index contributed by atoms with van der Waals surface area (Å²) in [5.41, 5.74) is 0. The Hall–Kier alpha value is -0.890. The second kappa shape index (κ2) is 14.7. The first-order valence-electron chi connectivity index (χ1n) is 9.23. The lowest BCUT2D eigenvalue weighted by atomic mass is 10.1. The zero-order valence-corrected chi connectivity index (χ0v) is 16.2. The molecule has 0 amide bonds. The maximum Gasteiger partial charge on any atom is 0.0346 e. The average Bonchev–Trinajstić information content (AvgIpc) is 2.61. The maximum atomic E-state index is 4.01. The number of benzene rings is 1. The summed E-state index contributed by atoms with van der Waals surface area (Å²) in [5.74, 6) is 0. The minimum absolute atomic E-state index is 1.18. The van der Waals surface area contributed by atoms with Gasteiger partial charge in [0, 0.05) is 17.7 Å². The third-order valence-electron chi connectivity index (χ3n) is 4.04. The van der Waals surface area contributed by atoms with Gasteiger partial charge in [-0.25, -0.2) is 0 Å². The highest BCUT2D eigenvalue weighted by molar-refractivity contribution is 9.09. The Morgan fingerprint density at radius 3 is 1.87 bits per heavy atom. The van der Waals surface area contributed by atoms with Gasteiger partial charge in [-0.15, -0.1) is 0 Å². The van der Waals surface area contributed by atoms with Gasteiger partial charge in [0.25, 0.3) is 0 Å². The highest BCUT2D eigenvalue weighted by Gasteiger charge is 1.91. The molecule has 1 nitrogen and oxygen atoms in total. The van der Waals surface area contributed by atoms with E-state index >= 15 is 0 Å². The van der Waals surface area contributed by atoms with E-state index in [0.29, 0.717) is 0 Å². The van der Waals surface area contributed by atoms with E-state index in [1.807, 2.05) is 30.6 Å². The van der Waals surface area contributed by atoms with Gasteiger partial charge in [0.2, 0.25) is 0 Å². The number of unbranched alkanes of at least 4 members (excludes halogenated alkanes) is 9. The molecule has 0 spiro atoms. The lowest BCUT2D eigenvalue weighted by Gasteiger charge is -2.00. The molecule has 0 fully saturated rings. The fourth-order valence-electron chi connectivity index (χ4n) is 2.61. The topological polar surface area (TPSA) is 12.9 Å². The van der Waals surface area contributed by atoms with Crippen LogP contribution in [-0.4, -0.2) is 10.3 Å². The Balaban J connectivity index is 0.000000235. The molecule has 0 aliphatic rings. The number of fused-ring (bicyclic) bond motifs is 1. The van der Waals surface area contributed by atoms with Crippen molar-refractivity contribution in [2.75, 3.05) is 5.33 Å². The molecule has 0 unspecified atom stereocenters. The monoisotopic (exact) mass is 377 g/mol. The lowest BCUT2D eigenvalue weighted by molar-refractivity contribution is 0.563. The molecule has 0 aliphatic heterocycles. The van der Waals surface area contributed by atoms with Crippen molar-refractivity contribution in [1.82, 2.24) is 4.98 Å². The number of rotatable bonds is 10. The Bertz CT molecular complexity index is 422. The van der Waals surface area contributed by atoms with E-state index < -0.39 is 0 Å². The van der Waals surface area contributed by atoms with Crippen molar-refractivity contribution in [3.8, 4) is 0 Å². The Labute approximate surface area is 151 Å². The normalized spacial score (nSPS) is 10.3. The first-order valence-corrected chi connectivity index (χ1v) is 10.4. The van der Waals surface area contributed by atoms with Gasteiger partial charge in [-0.1, -0.05) is 105 Å². The number of pyridine rings is 1. The van der Waals surface area contributed by atoms with Crippen LogP contribution in [0, 0.1) is 0 Å². The molecule has 1 aromatic heterocycles. The molecular weight excluding hydrogens is 346 g/mol. The number of halogens is 1. The molecule has 0 bridgehead atoms. The summed E-state index contributed by atoms with van der Waals surface area (Å²) in [6.07, 6.45) is 18.0. The molecule has 0 N–H and O–H groups in total. The molecule has 0 aliphatic carbocycles. The van der Waals surface area contributed by atoms with Crippen LogP contribution < -0.4 is 0 Å². The third kappa shape index (κ3) is 10.5. The van der Waals surface area contributed by atoms with Crippen molar-refractivity contribution in [2.24, 2.45) is 0 Å². The van der Waals surface area contributed by atoms with Crippen molar-refractivity contribution >= 4 is 26.7 Å². The molecule has 2 aromatic rings. The van der Waals surface area contributed by atoms with Gasteiger partial charge in [0.15, 0.2) is 0 Å². The minimum atomic E-state index is 1.18. The second-order valence-corrected chi connectivity index (χ2v) is 6.89. The van der Waals surface area contributed by atoms with Crippen molar-refractivity contribution < 1.29 is 0 Å². The molecule has 0 saturated heterocycles. The van der Waals surface area contributed by atoms with Crippen LogP contribution in [0.5, 0.6) is 0 Å². The zero-order valence-electron chi connectivity index (χ0n) is 14.6. The first kappa shape index (κ1) is 20.2. The van der Waals surface area contributed by atoms with Crippen LogP contribution in [0.1, 0.15) is 71.1 Å². The zero-order chi connectivity index (χ0) is 16.6. The number of alkyl halides is 1.